The minimum Gasteiger partial charge on any atom is -0.492 e. The van der Waals surface area contributed by atoms with E-state index in [1.807, 2.05) is 18.2 Å². The number of hydrogen-bond acceptors (Lipinski definition) is 4. The zero-order chi connectivity index (χ0) is 13.9. The van der Waals surface area contributed by atoms with Gasteiger partial charge in [-0.1, -0.05) is 23.7 Å². The third-order valence-electron chi connectivity index (χ3n) is 2.57. The lowest BCUT2D eigenvalue weighted by atomic mass is 10.1. The fourth-order valence-electron chi connectivity index (χ4n) is 1.52. The van der Waals surface area contributed by atoms with Crippen molar-refractivity contribution in [3.05, 3.63) is 45.4 Å². The molecule has 0 saturated carbocycles. The Bertz CT molecular complexity index is 548. The second-order valence-corrected chi connectivity index (χ2v) is 6.23. The maximum atomic E-state index is 9.86. The van der Waals surface area contributed by atoms with Crippen LogP contribution in [0.1, 0.15) is 23.7 Å². The molecule has 0 unspecified atom stereocenters. The number of aliphatic hydroxyl groups is 1. The Labute approximate surface area is 121 Å². The number of thiazole rings is 1. The van der Waals surface area contributed by atoms with Gasteiger partial charge in [0.15, 0.2) is 0 Å². The van der Waals surface area contributed by atoms with Gasteiger partial charge in [0.2, 0.25) is 0 Å². The standard InChI is InChI=1S/C14H16ClNO2S/c1-14(2,17)12-9-16-13(19-12)7-8-18-11-6-4-3-5-10(11)15/h3-6,9,17H,7-8H2,1-2H3. The molecule has 5 heteroatoms. The Hall–Kier alpha value is -1.10. The SMILES string of the molecule is CC(C)(O)c1cnc(CCOc2ccccc2Cl)s1. The lowest BCUT2D eigenvalue weighted by molar-refractivity contribution is 0.0823. The summed E-state index contributed by atoms with van der Waals surface area (Å²) in [6.07, 6.45) is 2.42. The molecule has 0 atom stereocenters. The Morgan fingerprint density at radius 1 is 1.37 bits per heavy atom. The number of halogens is 1. The molecule has 1 N–H and O–H groups in total. The minimum atomic E-state index is -0.834. The molecular weight excluding hydrogens is 282 g/mol. The van der Waals surface area contributed by atoms with Crippen LogP contribution in [0.5, 0.6) is 5.75 Å². The van der Waals surface area contributed by atoms with Crippen molar-refractivity contribution in [2.24, 2.45) is 0 Å². The Kier molecular flexibility index (Phi) is 4.45. The van der Waals surface area contributed by atoms with Crippen LogP contribution < -0.4 is 4.74 Å². The second-order valence-electron chi connectivity index (χ2n) is 4.71. The highest BCUT2D eigenvalue weighted by atomic mass is 35.5. The van der Waals surface area contributed by atoms with E-state index < -0.39 is 5.60 Å². The second kappa shape index (κ2) is 5.90. The van der Waals surface area contributed by atoms with Gasteiger partial charge in [-0.2, -0.15) is 0 Å². The number of benzene rings is 1. The summed E-state index contributed by atoms with van der Waals surface area (Å²) in [7, 11) is 0. The average Bonchev–Trinajstić information content (AvgIpc) is 2.80. The average molecular weight is 298 g/mol. The lowest BCUT2D eigenvalue weighted by Crippen LogP contribution is -2.12. The van der Waals surface area contributed by atoms with Crippen LogP contribution in [-0.4, -0.2) is 16.7 Å². The predicted molar refractivity (Wildman–Crippen MR) is 78.0 cm³/mol. The molecule has 102 valence electrons. The zero-order valence-electron chi connectivity index (χ0n) is 10.9. The molecule has 0 aliphatic carbocycles. The van der Waals surface area contributed by atoms with E-state index in [0.717, 1.165) is 9.88 Å². The van der Waals surface area contributed by atoms with Gasteiger partial charge in [-0.05, 0) is 26.0 Å². The van der Waals surface area contributed by atoms with Crippen molar-refractivity contribution in [3.63, 3.8) is 0 Å². The summed E-state index contributed by atoms with van der Waals surface area (Å²) in [5.74, 6) is 0.684. The van der Waals surface area contributed by atoms with E-state index in [9.17, 15) is 5.11 Å². The highest BCUT2D eigenvalue weighted by Crippen LogP contribution is 2.26. The van der Waals surface area contributed by atoms with E-state index >= 15 is 0 Å². The van der Waals surface area contributed by atoms with Gasteiger partial charge in [0, 0.05) is 12.6 Å². The quantitative estimate of drug-likeness (QED) is 0.916. The number of nitrogens with zero attached hydrogens (tertiary/aromatic N) is 1. The minimum absolute atomic E-state index is 0.516. The first-order valence-corrected chi connectivity index (χ1v) is 7.21. The largest absolute Gasteiger partial charge is 0.492 e. The highest BCUT2D eigenvalue weighted by Gasteiger charge is 2.19. The molecule has 0 aliphatic rings. The number of hydrogen-bond donors (Lipinski definition) is 1. The molecule has 19 heavy (non-hydrogen) atoms. The van der Waals surface area contributed by atoms with Crippen LogP contribution in [0, 0.1) is 0 Å². The van der Waals surface area contributed by atoms with Gasteiger partial charge in [-0.3, -0.25) is 0 Å². The van der Waals surface area contributed by atoms with Crippen molar-refractivity contribution in [2.75, 3.05) is 6.61 Å². The fourth-order valence-corrected chi connectivity index (χ4v) is 2.61. The van der Waals surface area contributed by atoms with Gasteiger partial charge in [0.25, 0.3) is 0 Å². The van der Waals surface area contributed by atoms with Crippen LogP contribution in [0.3, 0.4) is 0 Å². The number of aromatic nitrogens is 1. The fraction of sp³-hybridized carbons (Fsp3) is 0.357. The Morgan fingerprint density at radius 2 is 2.11 bits per heavy atom. The topological polar surface area (TPSA) is 42.4 Å². The van der Waals surface area contributed by atoms with Gasteiger partial charge < -0.3 is 9.84 Å². The smallest absolute Gasteiger partial charge is 0.137 e. The molecule has 1 heterocycles. The van der Waals surface area contributed by atoms with Crippen LogP contribution in [0.4, 0.5) is 0 Å². The summed E-state index contributed by atoms with van der Waals surface area (Å²) >= 11 is 7.50. The van der Waals surface area contributed by atoms with Gasteiger partial charge in [-0.25, -0.2) is 4.98 Å². The van der Waals surface area contributed by atoms with Crippen LogP contribution >= 0.6 is 22.9 Å². The van der Waals surface area contributed by atoms with E-state index in [1.165, 1.54) is 11.3 Å². The van der Waals surface area contributed by atoms with Gasteiger partial charge >= 0.3 is 0 Å². The molecule has 0 spiro atoms. The predicted octanol–water partition coefficient (Wildman–Crippen LogP) is 3.65. The van der Waals surface area contributed by atoms with E-state index in [4.69, 9.17) is 16.3 Å². The van der Waals surface area contributed by atoms with Crippen molar-refractivity contribution in [2.45, 2.75) is 25.9 Å². The van der Waals surface area contributed by atoms with Crippen LogP contribution in [-0.2, 0) is 12.0 Å². The van der Waals surface area contributed by atoms with Crippen molar-refractivity contribution < 1.29 is 9.84 Å². The summed E-state index contributed by atoms with van der Waals surface area (Å²) in [4.78, 5) is 5.14. The van der Waals surface area contributed by atoms with Crippen LogP contribution in [0.25, 0.3) is 0 Å². The molecule has 0 amide bonds. The van der Waals surface area contributed by atoms with Gasteiger partial charge in [0.05, 0.1) is 27.1 Å². The summed E-state index contributed by atoms with van der Waals surface area (Å²) in [5.41, 5.74) is -0.834. The van der Waals surface area contributed by atoms with Crippen LogP contribution in [0.2, 0.25) is 5.02 Å². The summed E-state index contributed by atoms with van der Waals surface area (Å²) < 4.78 is 5.61. The summed E-state index contributed by atoms with van der Waals surface area (Å²) in [6.45, 7) is 4.03. The lowest BCUT2D eigenvalue weighted by Gasteiger charge is -2.13. The monoisotopic (exact) mass is 297 g/mol. The Balaban J connectivity index is 1.90. The molecule has 0 bridgehead atoms. The number of rotatable bonds is 5. The molecule has 1 aromatic carbocycles. The van der Waals surface area contributed by atoms with E-state index in [-0.39, 0.29) is 0 Å². The summed E-state index contributed by atoms with van der Waals surface area (Å²) in [5, 5.41) is 11.4. The number of para-hydroxylation sites is 1. The molecule has 2 rings (SSSR count). The maximum Gasteiger partial charge on any atom is 0.137 e. The molecule has 1 aromatic heterocycles. The normalized spacial score (nSPS) is 11.6. The van der Waals surface area contributed by atoms with Crippen molar-refractivity contribution in [1.82, 2.24) is 4.98 Å². The molecule has 3 nitrogen and oxygen atoms in total. The molecule has 2 aromatic rings. The first-order valence-electron chi connectivity index (χ1n) is 6.02. The Morgan fingerprint density at radius 3 is 2.74 bits per heavy atom. The summed E-state index contributed by atoms with van der Waals surface area (Å²) in [6, 6.07) is 7.39. The van der Waals surface area contributed by atoms with Gasteiger partial charge in [-0.15, -0.1) is 11.3 Å². The van der Waals surface area contributed by atoms with E-state index in [2.05, 4.69) is 4.98 Å². The molecule has 0 fully saturated rings. The highest BCUT2D eigenvalue weighted by molar-refractivity contribution is 7.11. The van der Waals surface area contributed by atoms with Crippen LogP contribution in [0.15, 0.2) is 30.5 Å². The molecule has 0 radical (unpaired) electrons. The molecular formula is C14H16ClNO2S. The zero-order valence-corrected chi connectivity index (χ0v) is 12.5. The van der Waals surface area contributed by atoms with E-state index in [1.54, 1.807) is 26.1 Å². The van der Waals surface area contributed by atoms with Crippen molar-refractivity contribution >= 4 is 22.9 Å². The van der Waals surface area contributed by atoms with Gasteiger partial charge in [0.1, 0.15) is 5.75 Å². The third-order valence-corrected chi connectivity index (χ3v) is 4.25. The van der Waals surface area contributed by atoms with E-state index in [0.29, 0.717) is 23.8 Å². The first kappa shape index (κ1) is 14.3. The third kappa shape index (κ3) is 3.93. The molecule has 0 aliphatic heterocycles. The molecule has 0 saturated heterocycles. The van der Waals surface area contributed by atoms with Crippen molar-refractivity contribution in [1.29, 1.82) is 0 Å². The first-order chi connectivity index (χ1) is 8.97. The van der Waals surface area contributed by atoms with Crippen molar-refractivity contribution in [3.8, 4) is 5.75 Å². The maximum absolute atomic E-state index is 9.86. The number of ether oxygens (including phenoxy) is 1.